The van der Waals surface area contributed by atoms with Crippen LogP contribution in [0.2, 0.25) is 0 Å². The molecule has 0 spiro atoms. The average molecular weight is 430 g/mol. The van der Waals surface area contributed by atoms with E-state index in [0.29, 0.717) is 23.2 Å². The van der Waals surface area contributed by atoms with Gasteiger partial charge in [0.1, 0.15) is 6.54 Å². The van der Waals surface area contributed by atoms with Crippen molar-refractivity contribution >= 4 is 11.9 Å². The van der Waals surface area contributed by atoms with Crippen LogP contribution in [0.15, 0.2) is 23.4 Å². The summed E-state index contributed by atoms with van der Waals surface area (Å²) < 4.78 is 0. The molecule has 4 rings (SSSR count). The zero-order chi connectivity index (χ0) is 22.6. The first-order valence-electron chi connectivity index (χ1n) is 12.1. The van der Waals surface area contributed by atoms with Crippen molar-refractivity contribution in [3.63, 3.8) is 0 Å². The molecular formula is C26H39NO4. The van der Waals surface area contributed by atoms with Crippen LogP contribution in [0.1, 0.15) is 85.5 Å². The monoisotopic (exact) mass is 429 g/mol. The van der Waals surface area contributed by atoms with Gasteiger partial charge in [-0.2, -0.15) is 0 Å². The Morgan fingerprint density at radius 1 is 1.03 bits per heavy atom. The fourth-order valence-electron chi connectivity index (χ4n) is 8.28. The number of hydrogen-bond donors (Lipinski definition) is 2. The highest BCUT2D eigenvalue weighted by Crippen LogP contribution is 2.69. The third-order valence-corrected chi connectivity index (χ3v) is 9.54. The summed E-state index contributed by atoms with van der Waals surface area (Å²) in [6, 6.07) is -0.158. The molecule has 5 nitrogen and oxygen atoms in total. The summed E-state index contributed by atoms with van der Waals surface area (Å²) >= 11 is 0. The van der Waals surface area contributed by atoms with Crippen LogP contribution >= 0.6 is 0 Å². The third-order valence-electron chi connectivity index (χ3n) is 9.54. The van der Waals surface area contributed by atoms with Crippen molar-refractivity contribution in [2.75, 3.05) is 6.54 Å². The van der Waals surface area contributed by atoms with E-state index in [1.807, 2.05) is 4.90 Å². The molecule has 0 saturated heterocycles. The van der Waals surface area contributed by atoms with E-state index in [1.54, 1.807) is 0 Å². The van der Waals surface area contributed by atoms with Crippen molar-refractivity contribution in [2.45, 2.75) is 91.5 Å². The lowest BCUT2D eigenvalue weighted by Gasteiger charge is -2.65. The van der Waals surface area contributed by atoms with Gasteiger partial charge in [0.05, 0.1) is 0 Å². The first kappa shape index (κ1) is 22.4. The zero-order valence-corrected chi connectivity index (χ0v) is 19.6. The molecule has 0 bridgehead atoms. The van der Waals surface area contributed by atoms with E-state index in [1.165, 1.54) is 49.7 Å². The summed E-state index contributed by atoms with van der Waals surface area (Å²) in [6.45, 7) is 9.86. The number of hydrogen-bond acceptors (Lipinski definition) is 3. The summed E-state index contributed by atoms with van der Waals surface area (Å²) in [5.74, 6) is -0.305. The van der Waals surface area contributed by atoms with Gasteiger partial charge in [-0.25, -0.2) is 0 Å². The van der Waals surface area contributed by atoms with Crippen molar-refractivity contribution in [2.24, 2.45) is 28.1 Å². The lowest BCUT2D eigenvalue weighted by molar-refractivity contribution is -0.138. The molecule has 0 aromatic carbocycles. The van der Waals surface area contributed by atoms with E-state index < -0.39 is 11.9 Å². The lowest BCUT2D eigenvalue weighted by Crippen LogP contribution is -2.57. The molecular weight excluding hydrogens is 390 g/mol. The van der Waals surface area contributed by atoms with Gasteiger partial charge in [-0.1, -0.05) is 40.2 Å². The molecule has 0 aromatic rings. The molecule has 0 aromatic heterocycles. The Bertz CT molecular complexity index is 827. The van der Waals surface area contributed by atoms with Crippen molar-refractivity contribution < 1.29 is 19.8 Å². The Hall–Kier alpha value is -1.78. The summed E-state index contributed by atoms with van der Waals surface area (Å²) in [6.07, 6.45) is 13.3. The van der Waals surface area contributed by atoms with Crippen molar-refractivity contribution in [1.29, 1.82) is 0 Å². The number of carboxylic acids is 2. The van der Waals surface area contributed by atoms with Crippen molar-refractivity contribution in [1.82, 2.24) is 4.90 Å². The van der Waals surface area contributed by atoms with E-state index in [0.717, 1.165) is 12.3 Å². The van der Waals surface area contributed by atoms with Gasteiger partial charge in [-0.3, -0.25) is 9.59 Å². The van der Waals surface area contributed by atoms with Gasteiger partial charge < -0.3 is 15.1 Å². The summed E-state index contributed by atoms with van der Waals surface area (Å²) in [4.78, 5) is 24.5. The van der Waals surface area contributed by atoms with Gasteiger partial charge >= 0.3 is 11.9 Å². The Morgan fingerprint density at radius 2 is 1.77 bits per heavy atom. The van der Waals surface area contributed by atoms with E-state index in [9.17, 15) is 19.8 Å². The van der Waals surface area contributed by atoms with Crippen LogP contribution in [0.5, 0.6) is 0 Å². The number of nitrogens with zero attached hydrogens (tertiary/aromatic N) is 1. The Labute approximate surface area is 186 Å². The number of carbonyl (C=O) groups is 2. The highest BCUT2D eigenvalue weighted by molar-refractivity contribution is 5.70. The van der Waals surface area contributed by atoms with Crippen LogP contribution in [0, 0.1) is 28.1 Å². The topological polar surface area (TPSA) is 77.8 Å². The molecule has 3 fully saturated rings. The lowest BCUT2D eigenvalue weighted by atomic mass is 9.40. The van der Waals surface area contributed by atoms with Gasteiger partial charge in [0, 0.05) is 18.7 Å². The van der Waals surface area contributed by atoms with Crippen LogP contribution in [-0.4, -0.2) is 39.6 Å². The van der Waals surface area contributed by atoms with E-state index >= 15 is 0 Å². The quantitative estimate of drug-likeness (QED) is 0.606. The molecule has 1 heterocycles. The highest BCUT2D eigenvalue weighted by Gasteiger charge is 2.60. The summed E-state index contributed by atoms with van der Waals surface area (Å²) in [7, 11) is 0. The summed E-state index contributed by atoms with van der Waals surface area (Å²) in [5.41, 5.74) is 3.51. The highest BCUT2D eigenvalue weighted by atomic mass is 16.4. The second-order valence-corrected chi connectivity index (χ2v) is 11.7. The minimum atomic E-state index is -0.869. The molecule has 3 unspecified atom stereocenters. The number of aliphatic carboxylic acids is 2. The SMILES string of the molecule is CC1(C)CCC[C@@]2(C)C1CC[C@@]1(C)C3=CC(CCC(=O)O)N(CC(=O)O)C=C3CCC21. The Kier molecular flexibility index (Phi) is 5.54. The van der Waals surface area contributed by atoms with Crippen LogP contribution in [0.3, 0.4) is 0 Å². The Balaban J connectivity index is 1.69. The van der Waals surface area contributed by atoms with Crippen molar-refractivity contribution in [3.8, 4) is 0 Å². The normalized spacial score (nSPS) is 38.8. The molecule has 31 heavy (non-hydrogen) atoms. The molecule has 172 valence electrons. The van der Waals surface area contributed by atoms with Gasteiger partial charge in [-0.15, -0.1) is 0 Å². The largest absolute Gasteiger partial charge is 0.481 e. The molecule has 3 aliphatic carbocycles. The molecule has 0 radical (unpaired) electrons. The zero-order valence-electron chi connectivity index (χ0n) is 19.6. The molecule has 2 N–H and O–H groups in total. The minimum absolute atomic E-state index is 0.0574. The Morgan fingerprint density at radius 3 is 2.45 bits per heavy atom. The van der Waals surface area contributed by atoms with Gasteiger partial charge in [-0.05, 0) is 84.2 Å². The standard InChI is InChI=1S/C26H39NO4/c1-24(2)11-5-12-26(4)20(24)10-13-25(3)19-14-18(7-9-22(28)29)27(16-23(30)31)15-17(19)6-8-21(25)26/h14-15,18,20-21H,5-13,16H2,1-4H3,(H,28,29)(H,30,31)/t18?,20?,21?,25-,26-/m0/s1. The second kappa shape index (κ2) is 7.67. The molecule has 5 heteroatoms. The third kappa shape index (κ3) is 3.72. The fourth-order valence-corrected chi connectivity index (χ4v) is 8.28. The second-order valence-electron chi connectivity index (χ2n) is 11.7. The van der Waals surface area contributed by atoms with Gasteiger partial charge in [0.2, 0.25) is 0 Å². The molecule has 0 amide bonds. The smallest absolute Gasteiger partial charge is 0.323 e. The van der Waals surface area contributed by atoms with Crippen LogP contribution < -0.4 is 0 Å². The van der Waals surface area contributed by atoms with Gasteiger partial charge in [0.15, 0.2) is 0 Å². The predicted molar refractivity (Wildman–Crippen MR) is 120 cm³/mol. The van der Waals surface area contributed by atoms with E-state index in [-0.39, 0.29) is 24.4 Å². The predicted octanol–water partition coefficient (Wildman–Crippen LogP) is 5.47. The number of carboxylic acid groups (broad SMARTS) is 2. The number of allylic oxidation sites excluding steroid dienone is 2. The first-order valence-corrected chi connectivity index (χ1v) is 12.1. The van der Waals surface area contributed by atoms with Crippen LogP contribution in [0.4, 0.5) is 0 Å². The average Bonchev–Trinajstić information content (AvgIpc) is 2.65. The maximum Gasteiger partial charge on any atom is 0.323 e. The molecule has 4 aliphatic rings. The summed E-state index contributed by atoms with van der Waals surface area (Å²) in [5, 5.41) is 18.6. The van der Waals surface area contributed by atoms with E-state index in [4.69, 9.17) is 0 Å². The van der Waals surface area contributed by atoms with Gasteiger partial charge in [0.25, 0.3) is 0 Å². The maximum atomic E-state index is 11.5. The van der Waals surface area contributed by atoms with E-state index in [2.05, 4.69) is 40.0 Å². The molecule has 5 atom stereocenters. The molecule has 1 aliphatic heterocycles. The fraction of sp³-hybridized carbons (Fsp3) is 0.769. The minimum Gasteiger partial charge on any atom is -0.481 e. The van der Waals surface area contributed by atoms with Crippen LogP contribution in [0.25, 0.3) is 0 Å². The molecule has 3 saturated carbocycles. The van der Waals surface area contributed by atoms with Crippen molar-refractivity contribution in [3.05, 3.63) is 23.4 Å². The van der Waals surface area contributed by atoms with Crippen LogP contribution in [-0.2, 0) is 9.59 Å². The number of fused-ring (bicyclic) bond motifs is 5. The maximum absolute atomic E-state index is 11.5. The first-order chi connectivity index (χ1) is 14.5. The number of rotatable bonds is 5.